The fraction of sp³-hybridized carbons (Fsp3) is 0.455. The molecule has 1 aromatic rings. The number of hydrogen-bond donors (Lipinski definition) is 3. The summed E-state index contributed by atoms with van der Waals surface area (Å²) < 4.78 is 5.18. The van der Waals surface area contributed by atoms with Crippen molar-refractivity contribution in [2.45, 2.75) is 32.0 Å². The lowest BCUT2D eigenvalue weighted by molar-refractivity contribution is 0.123. The summed E-state index contributed by atoms with van der Waals surface area (Å²) in [6.07, 6.45) is 0.841. The molecule has 0 aliphatic carbocycles. The van der Waals surface area contributed by atoms with E-state index in [0.717, 1.165) is 12.0 Å². The second-order valence-corrected chi connectivity index (χ2v) is 10.5. The third-order valence-electron chi connectivity index (χ3n) is 2.85. The van der Waals surface area contributed by atoms with Crippen molar-refractivity contribution in [3.63, 3.8) is 0 Å². The Labute approximate surface area is 104 Å². The average Bonchev–Trinajstić information content (AvgIpc) is 2.15. The third kappa shape index (κ3) is 4.34. The molecule has 6 heteroatoms. The third-order valence-corrected chi connectivity index (χ3v) is 8.47. The molecule has 1 rings (SSSR count). The normalized spacial score (nSPS) is 14.7. The molecule has 96 valence electrons. The lowest BCUT2D eigenvalue weighted by Crippen LogP contribution is -2.52. The Morgan fingerprint density at radius 1 is 1.12 bits per heavy atom. The maximum Gasteiger partial charge on any atom is 0.660 e. The molecule has 0 spiro atoms. The van der Waals surface area contributed by atoms with Crippen LogP contribution in [0.1, 0.15) is 24.4 Å². The zero-order valence-corrected chi connectivity index (χ0v) is 12.4. The van der Waals surface area contributed by atoms with E-state index in [-0.39, 0.29) is 5.54 Å². The zero-order chi connectivity index (χ0) is 13.1. The molecule has 17 heavy (non-hydrogen) atoms. The minimum absolute atomic E-state index is 0.127. The highest BCUT2D eigenvalue weighted by molar-refractivity contribution is 6.79. The second-order valence-electron chi connectivity index (χ2n) is 4.65. The first-order chi connectivity index (χ1) is 7.76. The molecular weight excluding hydrogens is 252 g/mol. The number of rotatable bonds is 5. The van der Waals surface area contributed by atoms with Gasteiger partial charge in [0.15, 0.2) is 8.32 Å². The van der Waals surface area contributed by atoms with Crippen LogP contribution in [0.2, 0.25) is 13.1 Å². The maximum absolute atomic E-state index is 9.11. The number of hydrogen-bond acceptors (Lipinski definition) is 4. The highest BCUT2D eigenvalue weighted by Crippen LogP contribution is 2.31. The molecule has 0 radical (unpaired) electrons. The van der Waals surface area contributed by atoms with Crippen LogP contribution in [0.15, 0.2) is 30.3 Å². The first kappa shape index (κ1) is 14.6. The van der Waals surface area contributed by atoms with Crippen LogP contribution in [0.3, 0.4) is 0 Å². The standard InChI is InChI=1S/C11H20O4Si2/c1-4-11(10-8-6-5-7-9-10)16(2,3)15-17(12,13)14/h5-9,11-14H,4H2,1-3H3. The Morgan fingerprint density at radius 3 is 2.06 bits per heavy atom. The summed E-state index contributed by atoms with van der Waals surface area (Å²) in [5.41, 5.74) is 1.24. The quantitative estimate of drug-likeness (QED) is 0.708. The summed E-state index contributed by atoms with van der Waals surface area (Å²) in [5, 5.41) is 0. The van der Waals surface area contributed by atoms with Gasteiger partial charge in [0.2, 0.25) is 0 Å². The summed E-state index contributed by atoms with van der Waals surface area (Å²) in [4.78, 5) is 27.3. The van der Waals surface area contributed by atoms with E-state index >= 15 is 0 Å². The van der Waals surface area contributed by atoms with E-state index in [0.29, 0.717) is 0 Å². The fourth-order valence-electron chi connectivity index (χ4n) is 2.24. The van der Waals surface area contributed by atoms with Gasteiger partial charge in [-0.1, -0.05) is 37.3 Å². The average molecular weight is 272 g/mol. The van der Waals surface area contributed by atoms with Gasteiger partial charge >= 0.3 is 9.05 Å². The van der Waals surface area contributed by atoms with Gasteiger partial charge in [-0.15, -0.1) is 0 Å². The Morgan fingerprint density at radius 2 is 1.65 bits per heavy atom. The summed E-state index contributed by atoms with van der Waals surface area (Å²) >= 11 is 0. The van der Waals surface area contributed by atoms with E-state index in [9.17, 15) is 0 Å². The molecule has 1 aromatic carbocycles. The van der Waals surface area contributed by atoms with Gasteiger partial charge < -0.3 is 18.5 Å². The summed E-state index contributed by atoms with van der Waals surface area (Å²) in [6, 6.07) is 9.84. The van der Waals surface area contributed by atoms with Gasteiger partial charge in [-0.05, 0) is 25.1 Å². The van der Waals surface area contributed by atoms with Crippen LogP contribution in [-0.2, 0) is 4.12 Å². The van der Waals surface area contributed by atoms with Crippen molar-refractivity contribution in [2.24, 2.45) is 0 Å². The molecule has 0 saturated carbocycles. The lowest BCUT2D eigenvalue weighted by Gasteiger charge is -2.33. The second kappa shape index (κ2) is 5.43. The summed E-state index contributed by atoms with van der Waals surface area (Å²) in [7, 11) is -6.84. The molecule has 0 amide bonds. The van der Waals surface area contributed by atoms with Crippen LogP contribution < -0.4 is 0 Å². The summed E-state index contributed by atoms with van der Waals surface area (Å²) in [5.74, 6) is 0. The Kier molecular flexibility index (Phi) is 4.64. The molecule has 0 saturated heterocycles. The van der Waals surface area contributed by atoms with E-state index in [1.807, 2.05) is 50.3 Å². The lowest BCUT2D eigenvalue weighted by atomic mass is 10.1. The van der Waals surface area contributed by atoms with Gasteiger partial charge in [0, 0.05) is 5.54 Å². The Balaban J connectivity index is 2.94. The Bertz CT molecular complexity index is 348. The first-order valence-electron chi connectivity index (χ1n) is 5.68. The fourth-order valence-corrected chi connectivity index (χ4v) is 7.61. The molecule has 0 aromatic heterocycles. The monoisotopic (exact) mass is 272 g/mol. The molecule has 0 aliphatic heterocycles. The SMILES string of the molecule is CCC(c1ccccc1)[Si](C)(C)O[Si](O)(O)O. The number of benzene rings is 1. The van der Waals surface area contributed by atoms with Crippen molar-refractivity contribution in [1.29, 1.82) is 0 Å². The molecular formula is C11H20O4Si2. The maximum atomic E-state index is 9.11. The van der Waals surface area contributed by atoms with Gasteiger partial charge in [0.1, 0.15) is 0 Å². The molecule has 1 unspecified atom stereocenters. The van der Waals surface area contributed by atoms with Gasteiger partial charge in [-0.25, -0.2) is 0 Å². The van der Waals surface area contributed by atoms with Crippen LogP contribution in [-0.4, -0.2) is 31.8 Å². The van der Waals surface area contributed by atoms with E-state index in [1.54, 1.807) is 0 Å². The van der Waals surface area contributed by atoms with Gasteiger partial charge in [0.05, 0.1) is 0 Å². The van der Waals surface area contributed by atoms with Crippen molar-refractivity contribution < 1.29 is 18.5 Å². The minimum Gasteiger partial charge on any atom is -0.394 e. The molecule has 3 N–H and O–H groups in total. The van der Waals surface area contributed by atoms with E-state index in [1.165, 1.54) is 0 Å². The van der Waals surface area contributed by atoms with Gasteiger partial charge in [-0.3, -0.25) is 0 Å². The van der Waals surface area contributed by atoms with Gasteiger partial charge in [0.25, 0.3) is 0 Å². The Hall–Kier alpha value is -0.506. The highest BCUT2D eigenvalue weighted by atomic mass is 28.5. The predicted molar refractivity (Wildman–Crippen MR) is 70.5 cm³/mol. The van der Waals surface area contributed by atoms with Crippen molar-refractivity contribution in [3.8, 4) is 0 Å². The predicted octanol–water partition coefficient (Wildman–Crippen LogP) is 1.35. The van der Waals surface area contributed by atoms with Crippen LogP contribution in [0, 0.1) is 0 Å². The van der Waals surface area contributed by atoms with Crippen molar-refractivity contribution in [2.75, 3.05) is 0 Å². The molecule has 0 heterocycles. The summed E-state index contributed by atoms with van der Waals surface area (Å²) in [6.45, 7) is 5.81. The van der Waals surface area contributed by atoms with Crippen molar-refractivity contribution in [1.82, 2.24) is 0 Å². The topological polar surface area (TPSA) is 69.9 Å². The molecule has 0 bridgehead atoms. The van der Waals surface area contributed by atoms with E-state index in [4.69, 9.17) is 18.5 Å². The van der Waals surface area contributed by atoms with E-state index < -0.39 is 17.4 Å². The van der Waals surface area contributed by atoms with Crippen LogP contribution in [0.25, 0.3) is 0 Å². The smallest absolute Gasteiger partial charge is 0.394 e. The zero-order valence-electron chi connectivity index (χ0n) is 10.4. The van der Waals surface area contributed by atoms with Crippen molar-refractivity contribution in [3.05, 3.63) is 35.9 Å². The van der Waals surface area contributed by atoms with Gasteiger partial charge in [-0.2, -0.15) is 0 Å². The highest BCUT2D eigenvalue weighted by Gasteiger charge is 2.44. The molecule has 0 aliphatic rings. The van der Waals surface area contributed by atoms with Crippen LogP contribution in [0.4, 0.5) is 0 Å². The van der Waals surface area contributed by atoms with Crippen molar-refractivity contribution >= 4 is 17.4 Å². The molecule has 4 nitrogen and oxygen atoms in total. The molecule has 0 fully saturated rings. The van der Waals surface area contributed by atoms with E-state index in [2.05, 4.69) is 0 Å². The van der Waals surface area contributed by atoms with Crippen LogP contribution in [0.5, 0.6) is 0 Å². The van der Waals surface area contributed by atoms with Crippen LogP contribution >= 0.6 is 0 Å². The molecule has 1 atom stereocenters. The minimum atomic E-state index is -4.44. The first-order valence-corrected chi connectivity index (χ1v) is 10.4. The largest absolute Gasteiger partial charge is 0.660 e.